The number of hydrogen-bond acceptors (Lipinski definition) is 6. The van der Waals surface area contributed by atoms with Gasteiger partial charge in [-0.15, -0.1) is 0 Å². The molecule has 29 heavy (non-hydrogen) atoms. The van der Waals surface area contributed by atoms with Gasteiger partial charge in [-0.25, -0.2) is 17.9 Å². The number of esters is 1. The minimum absolute atomic E-state index is 0.0522. The lowest BCUT2D eigenvalue weighted by Gasteiger charge is -2.08. The van der Waals surface area contributed by atoms with Gasteiger partial charge in [-0.2, -0.15) is 5.10 Å². The molecule has 1 heterocycles. The number of carbonyl (C=O) groups excluding carboxylic acids is 2. The van der Waals surface area contributed by atoms with Gasteiger partial charge in [0.2, 0.25) is 15.9 Å². The summed E-state index contributed by atoms with van der Waals surface area (Å²) in [5, 5.41) is 9.80. The molecule has 0 radical (unpaired) electrons. The predicted molar refractivity (Wildman–Crippen MR) is 107 cm³/mol. The molecule has 3 rings (SSSR count). The highest BCUT2D eigenvalue weighted by Gasteiger charge is 2.16. The van der Waals surface area contributed by atoms with Crippen molar-refractivity contribution >= 4 is 38.5 Å². The van der Waals surface area contributed by atoms with Gasteiger partial charge in [0.25, 0.3) is 0 Å². The second kappa shape index (κ2) is 8.41. The van der Waals surface area contributed by atoms with Crippen molar-refractivity contribution < 1.29 is 22.7 Å². The van der Waals surface area contributed by atoms with Gasteiger partial charge in [-0.3, -0.25) is 9.89 Å². The maximum absolute atomic E-state index is 12.2. The molecular formula is C19H20N4O5S. The third-order valence-corrected chi connectivity index (χ3v) is 5.68. The molecule has 0 aliphatic rings. The van der Waals surface area contributed by atoms with Crippen LogP contribution >= 0.6 is 0 Å². The summed E-state index contributed by atoms with van der Waals surface area (Å²) in [4.78, 5) is 24.0. The van der Waals surface area contributed by atoms with Gasteiger partial charge in [0.05, 0.1) is 17.5 Å². The summed E-state index contributed by atoms with van der Waals surface area (Å²) in [6.07, 6.45) is -0.0572. The fourth-order valence-corrected chi connectivity index (χ4v) is 3.70. The Balaban J connectivity index is 1.60. The molecule has 3 N–H and O–H groups in total. The van der Waals surface area contributed by atoms with Crippen LogP contribution in [0.1, 0.15) is 22.5 Å². The molecule has 1 amide bonds. The zero-order valence-corrected chi connectivity index (χ0v) is 16.7. The third kappa shape index (κ3) is 4.79. The van der Waals surface area contributed by atoms with Gasteiger partial charge < -0.3 is 10.1 Å². The number of sulfonamides is 1. The van der Waals surface area contributed by atoms with Crippen molar-refractivity contribution in [3.63, 3.8) is 0 Å². The first-order chi connectivity index (χ1) is 13.8. The first kappa shape index (κ1) is 20.5. The van der Waals surface area contributed by atoms with E-state index in [1.54, 1.807) is 30.3 Å². The number of H-pyrrole nitrogens is 1. The quantitative estimate of drug-likeness (QED) is 0.505. The van der Waals surface area contributed by atoms with Crippen LogP contribution in [0.5, 0.6) is 0 Å². The van der Waals surface area contributed by atoms with E-state index in [2.05, 4.69) is 25.0 Å². The smallest absolute Gasteiger partial charge is 0.359 e. The summed E-state index contributed by atoms with van der Waals surface area (Å²) in [6.45, 7) is 1.81. The normalized spacial score (nSPS) is 11.4. The molecule has 0 saturated heterocycles. The van der Waals surface area contributed by atoms with Crippen LogP contribution < -0.4 is 10.0 Å². The number of rotatable bonds is 7. The number of aromatic nitrogens is 2. The monoisotopic (exact) mass is 416 g/mol. The molecule has 0 aliphatic carbocycles. The largest absolute Gasteiger partial charge is 0.464 e. The number of amides is 1. The lowest BCUT2D eigenvalue weighted by atomic mass is 10.2. The van der Waals surface area contributed by atoms with E-state index in [1.165, 1.54) is 19.2 Å². The van der Waals surface area contributed by atoms with E-state index in [9.17, 15) is 18.0 Å². The maximum atomic E-state index is 12.2. The Labute approximate surface area is 167 Å². The Morgan fingerprint density at radius 2 is 1.86 bits per heavy atom. The van der Waals surface area contributed by atoms with Crippen LogP contribution in [-0.2, 0) is 19.6 Å². The number of nitrogens with one attached hydrogen (secondary N) is 3. The number of ether oxygens (including phenoxy) is 1. The van der Waals surface area contributed by atoms with E-state index in [0.29, 0.717) is 16.6 Å². The Morgan fingerprint density at radius 3 is 2.55 bits per heavy atom. The molecule has 0 saturated carbocycles. The SMILES string of the molecule is COC(=O)c1n[nH]c2ccc(NC(=O)CCNS(=O)(=O)c3ccc(C)cc3)cc12. The topological polar surface area (TPSA) is 130 Å². The van der Waals surface area contributed by atoms with E-state index in [0.717, 1.165) is 5.56 Å². The van der Waals surface area contributed by atoms with Crippen LogP contribution in [0.4, 0.5) is 5.69 Å². The number of carbonyl (C=O) groups is 2. The van der Waals surface area contributed by atoms with Crippen LogP contribution in [0, 0.1) is 6.92 Å². The van der Waals surface area contributed by atoms with Gasteiger partial charge in [-0.05, 0) is 37.3 Å². The molecule has 152 valence electrons. The first-order valence-corrected chi connectivity index (χ1v) is 10.2. The lowest BCUT2D eigenvalue weighted by Crippen LogP contribution is -2.27. The summed E-state index contributed by atoms with van der Waals surface area (Å²) >= 11 is 0. The molecule has 0 spiro atoms. The highest BCUT2D eigenvalue weighted by atomic mass is 32.2. The number of anilines is 1. The van der Waals surface area contributed by atoms with Gasteiger partial charge in [0.1, 0.15) is 0 Å². The number of methoxy groups -OCH3 is 1. The van der Waals surface area contributed by atoms with E-state index in [4.69, 9.17) is 0 Å². The number of aryl methyl sites for hydroxylation is 1. The maximum Gasteiger partial charge on any atom is 0.359 e. The first-order valence-electron chi connectivity index (χ1n) is 8.73. The van der Waals surface area contributed by atoms with Gasteiger partial charge in [0.15, 0.2) is 5.69 Å². The molecule has 0 unspecified atom stereocenters. The van der Waals surface area contributed by atoms with Crippen molar-refractivity contribution in [1.82, 2.24) is 14.9 Å². The minimum Gasteiger partial charge on any atom is -0.464 e. The molecule has 0 bridgehead atoms. The molecule has 0 fully saturated rings. The molecule has 10 heteroatoms. The standard InChI is InChI=1S/C19H20N4O5S/c1-12-3-6-14(7-4-12)29(26,27)20-10-9-17(24)21-13-5-8-16-15(11-13)18(23-22-16)19(25)28-2/h3-8,11,20H,9-10H2,1-2H3,(H,21,24)(H,22,23). The summed E-state index contributed by atoms with van der Waals surface area (Å²) in [5.74, 6) is -0.968. The van der Waals surface area contributed by atoms with Crippen molar-refractivity contribution in [2.24, 2.45) is 0 Å². The highest BCUT2D eigenvalue weighted by molar-refractivity contribution is 7.89. The lowest BCUT2D eigenvalue weighted by molar-refractivity contribution is -0.116. The second-order valence-electron chi connectivity index (χ2n) is 6.33. The summed E-state index contributed by atoms with van der Waals surface area (Å²) in [7, 11) is -2.42. The van der Waals surface area contributed by atoms with Crippen molar-refractivity contribution in [3.8, 4) is 0 Å². The molecule has 9 nitrogen and oxygen atoms in total. The van der Waals surface area contributed by atoms with Crippen molar-refractivity contribution in [2.75, 3.05) is 19.0 Å². The van der Waals surface area contributed by atoms with Crippen molar-refractivity contribution in [2.45, 2.75) is 18.2 Å². The van der Waals surface area contributed by atoms with Crippen LogP contribution in [0.2, 0.25) is 0 Å². The molecule has 2 aromatic carbocycles. The fraction of sp³-hybridized carbons (Fsp3) is 0.211. The highest BCUT2D eigenvalue weighted by Crippen LogP contribution is 2.21. The number of nitrogens with zero attached hydrogens (tertiary/aromatic N) is 1. The van der Waals surface area contributed by atoms with Gasteiger partial charge in [0, 0.05) is 24.0 Å². The van der Waals surface area contributed by atoms with Crippen LogP contribution in [0.15, 0.2) is 47.4 Å². The Morgan fingerprint density at radius 1 is 1.14 bits per heavy atom. The average molecular weight is 416 g/mol. The number of benzene rings is 2. The van der Waals surface area contributed by atoms with Crippen LogP contribution in [-0.4, -0.2) is 44.1 Å². The number of aromatic amines is 1. The van der Waals surface area contributed by atoms with Gasteiger partial charge in [-0.1, -0.05) is 17.7 Å². The van der Waals surface area contributed by atoms with E-state index in [-0.39, 0.29) is 29.5 Å². The fourth-order valence-electron chi connectivity index (χ4n) is 2.67. The molecule has 0 atom stereocenters. The summed E-state index contributed by atoms with van der Waals surface area (Å²) in [5.41, 5.74) is 2.14. The number of fused-ring (bicyclic) bond motifs is 1. The van der Waals surface area contributed by atoms with Crippen molar-refractivity contribution in [3.05, 3.63) is 53.7 Å². The number of hydrogen-bond donors (Lipinski definition) is 3. The Bertz CT molecular complexity index is 1150. The van der Waals surface area contributed by atoms with Gasteiger partial charge >= 0.3 is 5.97 Å². The Hall–Kier alpha value is -3.24. The van der Waals surface area contributed by atoms with Crippen LogP contribution in [0.3, 0.4) is 0 Å². The van der Waals surface area contributed by atoms with E-state index >= 15 is 0 Å². The average Bonchev–Trinajstić information content (AvgIpc) is 3.11. The van der Waals surface area contributed by atoms with Crippen molar-refractivity contribution in [1.29, 1.82) is 0 Å². The Kier molecular flexibility index (Phi) is 5.95. The zero-order valence-electron chi connectivity index (χ0n) is 15.9. The summed E-state index contributed by atoms with van der Waals surface area (Å²) in [6, 6.07) is 11.3. The van der Waals surface area contributed by atoms with Crippen LogP contribution in [0.25, 0.3) is 10.9 Å². The predicted octanol–water partition coefficient (Wildman–Crippen LogP) is 1.97. The zero-order chi connectivity index (χ0) is 21.0. The second-order valence-corrected chi connectivity index (χ2v) is 8.10. The molecule has 0 aliphatic heterocycles. The van der Waals surface area contributed by atoms with E-state index in [1.807, 2.05) is 6.92 Å². The molecule has 3 aromatic rings. The summed E-state index contributed by atoms with van der Waals surface area (Å²) < 4.78 is 31.5. The minimum atomic E-state index is -3.68. The van der Waals surface area contributed by atoms with E-state index < -0.39 is 16.0 Å². The third-order valence-electron chi connectivity index (χ3n) is 4.20. The molecule has 1 aromatic heterocycles. The molecular weight excluding hydrogens is 396 g/mol.